The molecule has 2 fully saturated rings. The predicted molar refractivity (Wildman–Crippen MR) is 102 cm³/mol. The second-order valence-corrected chi connectivity index (χ2v) is 8.42. The molecule has 0 radical (unpaired) electrons. The highest BCUT2D eigenvalue weighted by atomic mass is 32.1. The van der Waals surface area contributed by atoms with E-state index < -0.39 is 5.41 Å². The third-order valence-corrected chi connectivity index (χ3v) is 6.52. The summed E-state index contributed by atoms with van der Waals surface area (Å²) in [6.07, 6.45) is 3.62. The van der Waals surface area contributed by atoms with Gasteiger partial charge in [0.2, 0.25) is 5.91 Å². The normalized spacial score (nSPS) is 19.3. The van der Waals surface area contributed by atoms with Crippen LogP contribution in [0.15, 0.2) is 24.3 Å². The molecule has 1 amide bonds. The number of hydrogen-bond donors (Lipinski definition) is 0. The number of thiazole rings is 1. The molecule has 0 N–H and O–H groups in total. The van der Waals surface area contributed by atoms with Crippen molar-refractivity contribution >= 4 is 33.4 Å². The quantitative estimate of drug-likeness (QED) is 0.736. The Morgan fingerprint density at radius 1 is 1.19 bits per heavy atom. The molecule has 2 aromatic rings. The lowest BCUT2D eigenvalue weighted by atomic mass is 9.82. The van der Waals surface area contributed by atoms with Crippen molar-refractivity contribution in [2.75, 3.05) is 26.3 Å². The molecule has 1 aromatic heterocycles. The molecule has 0 unspecified atom stereocenters. The number of amides is 1. The molecule has 1 saturated carbocycles. The molecule has 27 heavy (non-hydrogen) atoms. The number of esters is 1. The molecule has 6 nitrogen and oxygen atoms in total. The Morgan fingerprint density at radius 3 is 2.67 bits per heavy atom. The van der Waals surface area contributed by atoms with Gasteiger partial charge in [0.1, 0.15) is 11.6 Å². The van der Waals surface area contributed by atoms with E-state index >= 15 is 0 Å². The first kappa shape index (κ1) is 18.4. The average Bonchev–Trinajstić information content (AvgIpc) is 3.34. The van der Waals surface area contributed by atoms with E-state index in [1.54, 1.807) is 0 Å². The zero-order valence-electron chi connectivity index (χ0n) is 15.3. The zero-order chi connectivity index (χ0) is 18.7. The molecule has 1 saturated heterocycles. The lowest BCUT2D eigenvalue weighted by Gasteiger charge is -2.31. The van der Waals surface area contributed by atoms with Gasteiger partial charge in [-0.15, -0.1) is 11.3 Å². The molecule has 4 rings (SSSR count). The topological polar surface area (TPSA) is 68.7 Å². The standard InChI is InChI=1S/C20H24N2O4S/c23-18(22-9-11-25-12-10-22)13-20(7-3-4-8-20)19(24)26-14-17-21-15-5-1-2-6-16(15)27-17/h1-2,5-6H,3-4,7-14H2. The van der Waals surface area contributed by atoms with Crippen molar-refractivity contribution in [2.24, 2.45) is 5.41 Å². The summed E-state index contributed by atoms with van der Waals surface area (Å²) in [5.41, 5.74) is 0.248. The van der Waals surface area contributed by atoms with Crippen molar-refractivity contribution in [3.63, 3.8) is 0 Å². The number of nitrogens with zero attached hydrogens (tertiary/aromatic N) is 2. The van der Waals surface area contributed by atoms with Crippen LogP contribution in [0.2, 0.25) is 0 Å². The Bertz CT molecular complexity index is 789. The van der Waals surface area contributed by atoms with Crippen molar-refractivity contribution in [2.45, 2.75) is 38.7 Å². The minimum atomic E-state index is -0.675. The highest BCUT2D eigenvalue weighted by Crippen LogP contribution is 2.43. The molecule has 2 aliphatic rings. The fourth-order valence-electron chi connectivity index (χ4n) is 3.98. The number of benzene rings is 1. The Hall–Kier alpha value is -1.99. The Morgan fingerprint density at radius 2 is 1.93 bits per heavy atom. The Labute approximate surface area is 162 Å². The summed E-state index contributed by atoms with van der Waals surface area (Å²) in [4.78, 5) is 32.0. The number of morpholine rings is 1. The summed E-state index contributed by atoms with van der Waals surface area (Å²) in [6.45, 7) is 2.53. The van der Waals surface area contributed by atoms with Crippen LogP contribution in [0.3, 0.4) is 0 Å². The van der Waals surface area contributed by atoms with E-state index in [2.05, 4.69) is 4.98 Å². The molecule has 2 heterocycles. The van der Waals surface area contributed by atoms with Gasteiger partial charge in [-0.05, 0) is 25.0 Å². The summed E-state index contributed by atoms with van der Waals surface area (Å²) >= 11 is 1.54. The number of ether oxygens (including phenoxy) is 2. The SMILES string of the molecule is O=C(CC1(C(=O)OCc2nc3ccccc3s2)CCCC1)N1CCOCC1. The van der Waals surface area contributed by atoms with Crippen LogP contribution in [0.25, 0.3) is 10.2 Å². The number of carbonyl (C=O) groups excluding carboxylic acids is 2. The van der Waals surface area contributed by atoms with Gasteiger partial charge in [0.05, 0.1) is 28.8 Å². The lowest BCUT2D eigenvalue weighted by Crippen LogP contribution is -2.44. The van der Waals surface area contributed by atoms with Gasteiger partial charge in [-0.2, -0.15) is 0 Å². The minimum absolute atomic E-state index is 0.0390. The van der Waals surface area contributed by atoms with Gasteiger partial charge in [0, 0.05) is 19.5 Å². The predicted octanol–water partition coefficient (Wildman–Crippen LogP) is 3.15. The summed E-state index contributed by atoms with van der Waals surface area (Å²) < 4.78 is 12.0. The van der Waals surface area contributed by atoms with E-state index in [-0.39, 0.29) is 24.9 Å². The highest BCUT2D eigenvalue weighted by Gasteiger charge is 2.45. The van der Waals surface area contributed by atoms with E-state index in [1.807, 2.05) is 29.2 Å². The number of para-hydroxylation sites is 1. The van der Waals surface area contributed by atoms with Crippen LogP contribution in [0.5, 0.6) is 0 Å². The average molecular weight is 388 g/mol. The van der Waals surface area contributed by atoms with E-state index in [0.29, 0.717) is 26.3 Å². The first-order valence-corrected chi connectivity index (χ1v) is 10.4. The van der Waals surface area contributed by atoms with Crippen LogP contribution in [0.1, 0.15) is 37.1 Å². The number of fused-ring (bicyclic) bond motifs is 1. The van der Waals surface area contributed by atoms with Crippen molar-refractivity contribution in [3.05, 3.63) is 29.3 Å². The summed E-state index contributed by atoms with van der Waals surface area (Å²) in [7, 11) is 0. The van der Waals surface area contributed by atoms with Gasteiger partial charge in [-0.3, -0.25) is 9.59 Å². The maximum Gasteiger partial charge on any atom is 0.313 e. The van der Waals surface area contributed by atoms with E-state index in [1.165, 1.54) is 11.3 Å². The fourth-order valence-corrected chi connectivity index (χ4v) is 4.86. The van der Waals surface area contributed by atoms with Gasteiger partial charge in [-0.25, -0.2) is 4.98 Å². The first-order chi connectivity index (χ1) is 13.2. The number of hydrogen-bond acceptors (Lipinski definition) is 6. The second kappa shape index (κ2) is 7.94. The molecule has 1 aliphatic heterocycles. The monoisotopic (exact) mass is 388 g/mol. The molecule has 1 aromatic carbocycles. The fraction of sp³-hybridized carbons (Fsp3) is 0.550. The van der Waals surface area contributed by atoms with Crippen molar-refractivity contribution in [1.82, 2.24) is 9.88 Å². The third-order valence-electron chi connectivity index (χ3n) is 5.51. The largest absolute Gasteiger partial charge is 0.458 e. The molecule has 0 spiro atoms. The van der Waals surface area contributed by atoms with Gasteiger partial charge in [0.15, 0.2) is 0 Å². The second-order valence-electron chi connectivity index (χ2n) is 7.31. The van der Waals surface area contributed by atoms with Crippen molar-refractivity contribution < 1.29 is 19.1 Å². The van der Waals surface area contributed by atoms with Crippen LogP contribution < -0.4 is 0 Å². The summed E-state index contributed by atoms with van der Waals surface area (Å²) in [6, 6.07) is 7.89. The van der Waals surface area contributed by atoms with Crippen LogP contribution >= 0.6 is 11.3 Å². The summed E-state index contributed by atoms with van der Waals surface area (Å²) in [5.74, 6) is -0.210. The van der Waals surface area contributed by atoms with Gasteiger partial charge < -0.3 is 14.4 Å². The first-order valence-electron chi connectivity index (χ1n) is 9.54. The third kappa shape index (κ3) is 3.99. The van der Waals surface area contributed by atoms with Crippen molar-refractivity contribution in [3.8, 4) is 0 Å². The number of carbonyl (C=O) groups is 2. The van der Waals surface area contributed by atoms with Crippen molar-refractivity contribution in [1.29, 1.82) is 0 Å². The van der Waals surface area contributed by atoms with Crippen LogP contribution in [-0.2, 0) is 25.7 Å². The molecule has 7 heteroatoms. The van der Waals surface area contributed by atoms with Gasteiger partial charge in [0.25, 0.3) is 0 Å². The molecular weight excluding hydrogens is 364 g/mol. The maximum absolute atomic E-state index is 12.9. The molecule has 0 bridgehead atoms. The van der Waals surface area contributed by atoms with E-state index in [0.717, 1.165) is 40.9 Å². The van der Waals surface area contributed by atoms with Gasteiger partial charge >= 0.3 is 5.97 Å². The van der Waals surface area contributed by atoms with Crippen LogP contribution in [0.4, 0.5) is 0 Å². The molecule has 144 valence electrons. The Balaban J connectivity index is 1.41. The molecular formula is C20H24N2O4S. The van der Waals surface area contributed by atoms with E-state index in [4.69, 9.17) is 9.47 Å². The minimum Gasteiger partial charge on any atom is -0.458 e. The van der Waals surface area contributed by atoms with Gasteiger partial charge in [-0.1, -0.05) is 25.0 Å². The lowest BCUT2D eigenvalue weighted by molar-refractivity contribution is -0.161. The van der Waals surface area contributed by atoms with Crippen LogP contribution in [-0.4, -0.2) is 48.1 Å². The maximum atomic E-state index is 12.9. The highest BCUT2D eigenvalue weighted by molar-refractivity contribution is 7.18. The van der Waals surface area contributed by atoms with E-state index in [9.17, 15) is 9.59 Å². The smallest absolute Gasteiger partial charge is 0.313 e. The number of rotatable bonds is 5. The zero-order valence-corrected chi connectivity index (χ0v) is 16.1. The summed E-state index contributed by atoms with van der Waals surface area (Å²) in [5, 5.41) is 0.789. The molecule has 0 atom stereocenters. The Kier molecular flexibility index (Phi) is 5.41. The molecule has 1 aliphatic carbocycles. The van der Waals surface area contributed by atoms with Crippen LogP contribution in [0, 0.1) is 5.41 Å². The number of aromatic nitrogens is 1.